The van der Waals surface area contributed by atoms with Crippen LogP contribution in [0.4, 0.5) is 0 Å². The molecule has 0 aliphatic heterocycles. The molecule has 1 atom stereocenters. The van der Waals surface area contributed by atoms with Crippen molar-refractivity contribution in [3.8, 4) is 0 Å². The van der Waals surface area contributed by atoms with Gasteiger partial charge in [0.15, 0.2) is 0 Å². The first-order chi connectivity index (χ1) is 21.0. The predicted molar refractivity (Wildman–Crippen MR) is 195 cm³/mol. The van der Waals surface area contributed by atoms with E-state index in [1.165, 1.54) is 76.8 Å². The summed E-state index contributed by atoms with van der Waals surface area (Å²) in [4.78, 5) is 0. The summed E-state index contributed by atoms with van der Waals surface area (Å²) in [5.41, 5.74) is 7.58. The quantitative estimate of drug-likeness (QED) is 0.193. The molecule has 0 saturated carbocycles. The van der Waals surface area contributed by atoms with E-state index < -0.39 is 0 Å². The molecular weight excluding hydrogens is 691 g/mol. The molecule has 0 fully saturated rings. The zero-order valence-corrected chi connectivity index (χ0v) is 33.8. The summed E-state index contributed by atoms with van der Waals surface area (Å²) < 4.78 is 1.42. The maximum atomic E-state index is 3.26. The van der Waals surface area contributed by atoms with Gasteiger partial charge in [-0.05, 0) is 10.8 Å². The molecule has 1 unspecified atom stereocenters. The molecule has 3 heteroatoms. The second-order valence-electron chi connectivity index (χ2n) is 15.3. The van der Waals surface area contributed by atoms with E-state index in [1.54, 1.807) is 0 Å². The molecule has 1 aliphatic carbocycles. The Bertz CT molecular complexity index is 1690. The van der Waals surface area contributed by atoms with Crippen LogP contribution in [0.3, 0.4) is 0 Å². The Labute approximate surface area is 312 Å². The monoisotopic (exact) mass is 738 g/mol. The van der Waals surface area contributed by atoms with Gasteiger partial charge in [-0.1, -0.05) is 116 Å². The van der Waals surface area contributed by atoms with Crippen LogP contribution in [0.15, 0.2) is 121 Å². The second kappa shape index (κ2) is 16.8. The standard InChI is InChI=1S/C21H25.C13H10.C10H15.2ClH.Zr/c1-20(2,3)16-9-7-14-11-15-8-10-17(21(4,5)6)13-19(15)18(14)12-16;1-3-7-12(8-4-1)11-13-9-5-2-6-10-13;1-8-5-6-9(7-8)10(2,3)4;;;/h7-13H,1-6H3;1-10H;6-8H,1-4H3;2*1H;/q-1;;-1;;;+2/p-2. The van der Waals surface area contributed by atoms with Gasteiger partial charge in [-0.25, -0.2) is 6.08 Å². The molecule has 47 heavy (non-hydrogen) atoms. The summed E-state index contributed by atoms with van der Waals surface area (Å²) >= 11 is 1.46. The van der Waals surface area contributed by atoms with Crippen LogP contribution in [0.5, 0.6) is 0 Å². The normalized spacial score (nSPS) is 14.2. The molecule has 5 aromatic rings. The number of fused-ring (bicyclic) bond motifs is 3. The molecule has 0 nitrogen and oxygen atoms in total. The van der Waals surface area contributed by atoms with Crippen LogP contribution in [0, 0.1) is 17.4 Å². The van der Waals surface area contributed by atoms with Crippen LogP contribution < -0.4 is 24.8 Å². The Morgan fingerprint density at radius 2 is 1.00 bits per heavy atom. The van der Waals surface area contributed by atoms with Gasteiger partial charge in [0.25, 0.3) is 0 Å². The topological polar surface area (TPSA) is 0 Å². The molecule has 0 spiro atoms. The third-order valence-corrected chi connectivity index (χ3v) is 9.78. The Kier molecular flexibility index (Phi) is 14.6. The van der Waals surface area contributed by atoms with Gasteiger partial charge in [-0.2, -0.15) is 11.6 Å². The van der Waals surface area contributed by atoms with Gasteiger partial charge in [0.2, 0.25) is 0 Å². The zero-order chi connectivity index (χ0) is 33.0. The summed E-state index contributed by atoms with van der Waals surface area (Å²) in [6.45, 7) is 22.5. The van der Waals surface area contributed by atoms with Gasteiger partial charge < -0.3 is 24.8 Å². The van der Waals surface area contributed by atoms with Crippen LogP contribution in [0.2, 0.25) is 0 Å². The summed E-state index contributed by atoms with van der Waals surface area (Å²) in [6.07, 6.45) is 7.65. The van der Waals surface area contributed by atoms with Crippen LogP contribution in [-0.2, 0) is 35.1 Å². The fraction of sp³-hybridized carbons (Fsp3) is 0.318. The van der Waals surface area contributed by atoms with E-state index in [0.29, 0.717) is 11.3 Å². The molecule has 0 amide bonds. The molecule has 6 rings (SSSR count). The van der Waals surface area contributed by atoms with Crippen molar-refractivity contribution in [2.75, 3.05) is 0 Å². The van der Waals surface area contributed by atoms with Crippen molar-refractivity contribution in [1.82, 2.24) is 0 Å². The fourth-order valence-electron chi connectivity index (χ4n) is 5.36. The number of hydrogen-bond acceptors (Lipinski definition) is 0. The summed E-state index contributed by atoms with van der Waals surface area (Å²) in [5, 5.41) is 5.49. The predicted octanol–water partition coefficient (Wildman–Crippen LogP) is 6.09. The first kappa shape index (κ1) is 40.7. The first-order valence-corrected chi connectivity index (χ1v) is 17.4. The first-order valence-electron chi connectivity index (χ1n) is 16.2. The summed E-state index contributed by atoms with van der Waals surface area (Å²) in [6, 6.07) is 37.3. The number of halogens is 2. The van der Waals surface area contributed by atoms with Crippen LogP contribution in [-0.4, -0.2) is 3.21 Å². The molecule has 1 aliphatic rings. The van der Waals surface area contributed by atoms with E-state index >= 15 is 0 Å². The van der Waals surface area contributed by atoms with Crippen molar-refractivity contribution in [2.24, 2.45) is 11.3 Å². The van der Waals surface area contributed by atoms with Crippen LogP contribution in [0.1, 0.15) is 91.5 Å². The van der Waals surface area contributed by atoms with E-state index in [-0.39, 0.29) is 35.6 Å². The van der Waals surface area contributed by atoms with Gasteiger partial charge >= 0.3 is 99.2 Å². The zero-order valence-electron chi connectivity index (χ0n) is 29.8. The third kappa shape index (κ3) is 11.0. The Morgan fingerprint density at radius 1 is 0.596 bits per heavy atom. The van der Waals surface area contributed by atoms with E-state index in [2.05, 4.69) is 191 Å². The summed E-state index contributed by atoms with van der Waals surface area (Å²) in [7, 11) is 0. The van der Waals surface area contributed by atoms with Crippen molar-refractivity contribution in [2.45, 2.75) is 80.1 Å². The Hall–Kier alpha value is -2.44. The van der Waals surface area contributed by atoms with Crippen molar-refractivity contribution < 1.29 is 49.0 Å². The average Bonchev–Trinajstić information content (AvgIpc) is 3.60. The SMILES string of the molecule is CC(C)(C)c1ccc2[cH-]c3ccc(C(C)(C)C)cc3c2c1.CC1[C-]=CC(C(C)(C)C)=C1.[Cl-].[Cl-].[Zr+2]=[C](c1ccccc1)c1ccccc1. The van der Waals surface area contributed by atoms with Crippen molar-refractivity contribution in [1.29, 1.82) is 0 Å². The molecule has 0 heterocycles. The molecule has 0 saturated heterocycles. The van der Waals surface area contributed by atoms with Crippen molar-refractivity contribution in [3.63, 3.8) is 0 Å². The van der Waals surface area contributed by atoms with Gasteiger partial charge in [-0.15, -0.1) is 39.7 Å². The van der Waals surface area contributed by atoms with E-state index in [4.69, 9.17) is 0 Å². The van der Waals surface area contributed by atoms with Crippen LogP contribution >= 0.6 is 0 Å². The minimum atomic E-state index is 0. The van der Waals surface area contributed by atoms with Gasteiger partial charge in [-0.3, -0.25) is 6.08 Å². The maximum absolute atomic E-state index is 3.26. The van der Waals surface area contributed by atoms with E-state index in [9.17, 15) is 0 Å². The van der Waals surface area contributed by atoms with E-state index in [0.717, 1.165) is 0 Å². The van der Waals surface area contributed by atoms with Crippen LogP contribution in [0.25, 0.3) is 21.5 Å². The average molecular weight is 741 g/mol. The molecule has 0 aromatic heterocycles. The fourth-order valence-corrected chi connectivity index (χ4v) is 6.18. The Morgan fingerprint density at radius 3 is 1.30 bits per heavy atom. The number of hydrogen-bond donors (Lipinski definition) is 0. The number of allylic oxidation sites excluding steroid dienone is 4. The summed E-state index contributed by atoms with van der Waals surface area (Å²) in [5.74, 6) is 0.522. The molecular formula is C44H50Cl2Zr-2. The second-order valence-corrected chi connectivity index (χ2v) is 16.6. The van der Waals surface area contributed by atoms with E-state index in [1.807, 2.05) is 0 Å². The Balaban J connectivity index is 0.000000258. The third-order valence-electron chi connectivity index (χ3n) is 8.36. The van der Waals surface area contributed by atoms with Gasteiger partial charge in [0, 0.05) is 0 Å². The molecule has 0 radical (unpaired) electrons. The number of benzene rings is 4. The molecule has 0 bridgehead atoms. The minimum absolute atomic E-state index is 0. The molecule has 246 valence electrons. The number of rotatable bonds is 2. The van der Waals surface area contributed by atoms with Gasteiger partial charge in [0.1, 0.15) is 0 Å². The molecule has 5 aromatic carbocycles. The van der Waals surface area contributed by atoms with Crippen molar-refractivity contribution in [3.05, 3.63) is 149 Å². The van der Waals surface area contributed by atoms with Gasteiger partial charge in [0.05, 0.1) is 0 Å². The molecule has 0 N–H and O–H groups in total. The van der Waals surface area contributed by atoms with Crippen molar-refractivity contribution >= 4 is 24.8 Å².